The first kappa shape index (κ1) is 21.4. The van der Waals surface area contributed by atoms with E-state index in [2.05, 4.69) is 4.72 Å². The summed E-state index contributed by atoms with van der Waals surface area (Å²) in [4.78, 5) is 22.7. The molecule has 0 amide bonds. The van der Waals surface area contributed by atoms with Crippen molar-refractivity contribution in [2.75, 3.05) is 7.11 Å². The second kappa shape index (κ2) is 8.64. The van der Waals surface area contributed by atoms with Crippen molar-refractivity contribution in [3.63, 3.8) is 0 Å². The van der Waals surface area contributed by atoms with Gasteiger partial charge in [0.1, 0.15) is 5.54 Å². The molecule has 1 unspecified atom stereocenters. The molecule has 0 aliphatic rings. The van der Waals surface area contributed by atoms with Gasteiger partial charge in [0.2, 0.25) is 11.4 Å². The Kier molecular flexibility index (Phi) is 7.40. The van der Waals surface area contributed by atoms with E-state index in [4.69, 9.17) is 4.74 Å². The fourth-order valence-corrected chi connectivity index (χ4v) is 3.45. The molecular formula is C17H27N2O5S+. The van der Waals surface area contributed by atoms with E-state index in [-0.39, 0.29) is 12.1 Å². The number of esters is 1. The fraction of sp³-hybridized carbons (Fsp3) is 0.588. The Bertz CT molecular complexity index is 617. The monoisotopic (exact) mass is 371 g/mol. The van der Waals surface area contributed by atoms with Gasteiger partial charge in [-0.05, 0) is 32.8 Å². The number of nitro benzene ring substituents is 1. The molecule has 0 saturated carbocycles. The third-order valence-corrected chi connectivity index (χ3v) is 5.58. The Labute approximate surface area is 151 Å². The number of non-ortho nitro benzene ring substituents is 1. The van der Waals surface area contributed by atoms with Gasteiger partial charge in [0, 0.05) is 12.1 Å². The standard InChI is InChI=1S/C17H27N2O5S/c1-6-10-17(12-15(20)24-5,18-25(23)16(2,3)4)13-8-7-9-14(11-13)19(21)22/h7-9,11,18,23H,6,10,12H2,1-5H3/q+1/t17-,25?/m0/s1. The number of ether oxygens (including phenoxy) is 1. The molecule has 0 fully saturated rings. The molecule has 0 radical (unpaired) electrons. The van der Waals surface area contributed by atoms with E-state index in [1.165, 1.54) is 19.2 Å². The third kappa shape index (κ3) is 5.69. The van der Waals surface area contributed by atoms with Crippen LogP contribution in [0.5, 0.6) is 0 Å². The van der Waals surface area contributed by atoms with Gasteiger partial charge in [0.05, 0.1) is 18.5 Å². The van der Waals surface area contributed by atoms with Gasteiger partial charge in [-0.1, -0.05) is 30.2 Å². The number of hydrogen-bond acceptors (Lipinski definition) is 6. The molecule has 0 bridgehead atoms. The van der Waals surface area contributed by atoms with Crippen molar-refractivity contribution in [2.45, 2.75) is 57.2 Å². The average molecular weight is 371 g/mol. The summed E-state index contributed by atoms with van der Waals surface area (Å²) in [5.41, 5.74) is -0.415. The van der Waals surface area contributed by atoms with Crippen LogP contribution >= 0.6 is 0 Å². The number of nitrogens with one attached hydrogen (secondary N) is 1. The Morgan fingerprint density at radius 2 is 2.04 bits per heavy atom. The van der Waals surface area contributed by atoms with Crippen LogP contribution in [-0.4, -0.2) is 27.3 Å². The second-order valence-electron chi connectivity index (χ2n) is 6.89. The third-order valence-electron chi connectivity index (χ3n) is 3.83. The van der Waals surface area contributed by atoms with Crippen molar-refractivity contribution in [3.8, 4) is 0 Å². The first-order valence-electron chi connectivity index (χ1n) is 8.09. The lowest BCUT2D eigenvalue weighted by molar-refractivity contribution is -0.385. The molecule has 0 spiro atoms. The summed E-state index contributed by atoms with van der Waals surface area (Å²) in [6.45, 7) is 7.60. The van der Waals surface area contributed by atoms with Crippen molar-refractivity contribution in [1.29, 1.82) is 0 Å². The second-order valence-corrected chi connectivity index (χ2v) is 8.89. The highest BCUT2D eigenvalue weighted by Crippen LogP contribution is 2.35. The van der Waals surface area contributed by atoms with Crippen LogP contribution < -0.4 is 4.72 Å². The topological polar surface area (TPSA) is 102 Å². The van der Waals surface area contributed by atoms with Gasteiger partial charge in [-0.3, -0.25) is 14.9 Å². The highest BCUT2D eigenvalue weighted by molar-refractivity contribution is 7.90. The maximum Gasteiger partial charge on any atom is 0.307 e. The van der Waals surface area contributed by atoms with E-state index in [0.29, 0.717) is 18.4 Å². The molecule has 0 heterocycles. The van der Waals surface area contributed by atoms with Crippen LogP contribution in [0.3, 0.4) is 0 Å². The zero-order chi connectivity index (χ0) is 19.3. The van der Waals surface area contributed by atoms with Gasteiger partial charge in [-0.2, -0.15) is 4.55 Å². The molecule has 0 aliphatic heterocycles. The van der Waals surface area contributed by atoms with Gasteiger partial charge in [0.25, 0.3) is 5.69 Å². The summed E-state index contributed by atoms with van der Waals surface area (Å²) < 4.78 is 18.2. The largest absolute Gasteiger partial charge is 0.469 e. The number of benzene rings is 1. The van der Waals surface area contributed by atoms with E-state index in [9.17, 15) is 19.5 Å². The minimum Gasteiger partial charge on any atom is -0.469 e. The van der Waals surface area contributed by atoms with E-state index in [1.54, 1.807) is 12.1 Å². The SMILES string of the molecule is CCC[C@@](CC(=O)OC)(N[S+](O)C(C)(C)C)c1cccc([N+](=O)[O-])c1. The van der Waals surface area contributed by atoms with Gasteiger partial charge in [-0.15, -0.1) is 0 Å². The lowest BCUT2D eigenvalue weighted by Crippen LogP contribution is -2.52. The molecule has 140 valence electrons. The van der Waals surface area contributed by atoms with Crippen molar-refractivity contribution < 1.29 is 19.0 Å². The first-order valence-corrected chi connectivity index (χ1v) is 9.27. The molecule has 0 aliphatic carbocycles. The Morgan fingerprint density at radius 1 is 1.40 bits per heavy atom. The predicted molar refractivity (Wildman–Crippen MR) is 99.2 cm³/mol. The molecule has 0 saturated heterocycles. The molecule has 1 aromatic carbocycles. The molecule has 0 aromatic heterocycles. The van der Waals surface area contributed by atoms with E-state index in [1.807, 2.05) is 27.7 Å². The maximum absolute atomic E-state index is 12.1. The summed E-state index contributed by atoms with van der Waals surface area (Å²) in [6, 6.07) is 6.17. The molecule has 1 rings (SSSR count). The Hall–Kier alpha value is -1.64. The van der Waals surface area contributed by atoms with Crippen LogP contribution in [0.15, 0.2) is 24.3 Å². The van der Waals surface area contributed by atoms with Crippen molar-refractivity contribution in [2.24, 2.45) is 0 Å². The predicted octanol–water partition coefficient (Wildman–Crippen LogP) is 3.55. The summed E-state index contributed by atoms with van der Waals surface area (Å²) >= 11 is -1.22. The number of rotatable bonds is 8. The highest BCUT2D eigenvalue weighted by atomic mass is 32.2. The number of methoxy groups -OCH3 is 1. The van der Waals surface area contributed by atoms with Crippen LogP contribution in [0.1, 0.15) is 52.5 Å². The minimum absolute atomic E-state index is 0.0291. The normalized spacial score (nSPS) is 15.3. The van der Waals surface area contributed by atoms with Crippen molar-refractivity contribution in [1.82, 2.24) is 4.72 Å². The zero-order valence-corrected chi connectivity index (χ0v) is 16.2. The summed E-state index contributed by atoms with van der Waals surface area (Å²) in [5, 5.41) is 11.1. The Balaban J connectivity index is 3.44. The van der Waals surface area contributed by atoms with E-state index >= 15 is 0 Å². The molecule has 8 heteroatoms. The van der Waals surface area contributed by atoms with Crippen LogP contribution in [0.2, 0.25) is 0 Å². The fourth-order valence-electron chi connectivity index (χ4n) is 2.48. The number of nitro groups is 1. The van der Waals surface area contributed by atoms with Crippen LogP contribution in [0.25, 0.3) is 0 Å². The summed E-state index contributed by atoms with van der Waals surface area (Å²) in [6.07, 6.45) is 1.20. The first-order chi connectivity index (χ1) is 11.6. The van der Waals surface area contributed by atoms with Crippen LogP contribution in [0.4, 0.5) is 5.69 Å². The van der Waals surface area contributed by atoms with E-state index < -0.39 is 32.5 Å². The van der Waals surface area contributed by atoms with Crippen LogP contribution in [0, 0.1) is 10.1 Å². The number of carbonyl (C=O) groups is 1. The van der Waals surface area contributed by atoms with Gasteiger partial charge in [-0.25, -0.2) is 0 Å². The van der Waals surface area contributed by atoms with Gasteiger partial charge >= 0.3 is 5.97 Å². The molecule has 1 aromatic rings. The van der Waals surface area contributed by atoms with Gasteiger partial charge in [0.15, 0.2) is 4.75 Å². The average Bonchev–Trinajstić information content (AvgIpc) is 2.53. The summed E-state index contributed by atoms with van der Waals surface area (Å²) in [5.74, 6) is -0.446. The van der Waals surface area contributed by atoms with E-state index in [0.717, 1.165) is 0 Å². The number of nitrogens with zero attached hydrogens (tertiary/aromatic N) is 1. The molecular weight excluding hydrogens is 344 g/mol. The van der Waals surface area contributed by atoms with Crippen molar-refractivity contribution in [3.05, 3.63) is 39.9 Å². The minimum atomic E-state index is -1.22. The van der Waals surface area contributed by atoms with Crippen LogP contribution in [-0.2, 0) is 26.4 Å². The van der Waals surface area contributed by atoms with Crippen molar-refractivity contribution >= 4 is 23.0 Å². The molecule has 25 heavy (non-hydrogen) atoms. The smallest absolute Gasteiger partial charge is 0.307 e. The Morgan fingerprint density at radius 3 is 2.52 bits per heavy atom. The molecule has 2 N–H and O–H groups in total. The quantitative estimate of drug-likeness (QED) is 0.314. The van der Waals surface area contributed by atoms with Gasteiger partial charge < -0.3 is 4.74 Å². The lowest BCUT2D eigenvalue weighted by Gasteiger charge is -2.33. The summed E-state index contributed by atoms with van der Waals surface area (Å²) in [7, 11) is 1.30. The zero-order valence-electron chi connectivity index (χ0n) is 15.4. The highest BCUT2D eigenvalue weighted by Gasteiger charge is 2.46. The molecule has 7 nitrogen and oxygen atoms in total. The lowest BCUT2D eigenvalue weighted by atomic mass is 9.83. The number of hydrogen-bond donors (Lipinski definition) is 2. The number of carbonyl (C=O) groups excluding carboxylic acids is 1. The molecule has 2 atom stereocenters. The maximum atomic E-state index is 12.1.